The molecule has 1 aromatic carbocycles. The van der Waals surface area contributed by atoms with Crippen LogP contribution < -0.4 is 10.6 Å². The van der Waals surface area contributed by atoms with Crippen molar-refractivity contribution in [2.75, 3.05) is 18.6 Å². The van der Waals surface area contributed by atoms with Crippen LogP contribution >= 0.6 is 11.8 Å². The van der Waals surface area contributed by atoms with E-state index in [-0.39, 0.29) is 23.8 Å². The zero-order valence-corrected chi connectivity index (χ0v) is 24.0. The summed E-state index contributed by atoms with van der Waals surface area (Å²) >= 11 is 1.59. The van der Waals surface area contributed by atoms with Gasteiger partial charge in [0.15, 0.2) is 0 Å². The van der Waals surface area contributed by atoms with Crippen LogP contribution in [0.4, 0.5) is 4.79 Å². The van der Waals surface area contributed by atoms with Gasteiger partial charge in [0.05, 0.1) is 0 Å². The minimum absolute atomic E-state index is 0.0941. The summed E-state index contributed by atoms with van der Waals surface area (Å²) in [6, 6.07) is 5.48. The molecule has 1 aliphatic rings. The van der Waals surface area contributed by atoms with E-state index in [2.05, 4.69) is 30.4 Å². The molecule has 3 amide bonds. The number of nitrogens with one attached hydrogen (secondary N) is 2. The van der Waals surface area contributed by atoms with E-state index in [4.69, 9.17) is 11.2 Å². The average Bonchev–Trinajstić information content (AvgIpc) is 3.56. The molecule has 204 valence electrons. The van der Waals surface area contributed by atoms with Crippen LogP contribution in [0.3, 0.4) is 0 Å². The largest absolute Gasteiger partial charge is 0.444 e. The van der Waals surface area contributed by atoms with Gasteiger partial charge in [-0.3, -0.25) is 9.59 Å². The lowest BCUT2D eigenvalue weighted by Gasteiger charge is -2.35. The number of unbranched alkanes of at least 4 members (excludes halogenated alkanes) is 2. The molecule has 2 N–H and O–H groups in total. The molecule has 4 unspecified atom stereocenters. The van der Waals surface area contributed by atoms with Crippen LogP contribution in [0.2, 0.25) is 0 Å². The molecule has 2 rings (SSSR count). The van der Waals surface area contributed by atoms with Crippen molar-refractivity contribution in [3.05, 3.63) is 35.4 Å². The van der Waals surface area contributed by atoms with Gasteiger partial charge in [-0.15, -0.1) is 6.42 Å². The lowest BCUT2D eigenvalue weighted by molar-refractivity contribution is -0.143. The smallest absolute Gasteiger partial charge is 0.408 e. The quantitative estimate of drug-likeness (QED) is 0.280. The van der Waals surface area contributed by atoms with E-state index in [0.717, 1.165) is 25.7 Å². The van der Waals surface area contributed by atoms with Gasteiger partial charge < -0.3 is 20.3 Å². The van der Waals surface area contributed by atoms with Gasteiger partial charge in [0.2, 0.25) is 11.8 Å². The molecule has 7 nitrogen and oxygen atoms in total. The number of ether oxygens (including phenoxy) is 1. The minimum atomic E-state index is -0.826. The fourth-order valence-corrected chi connectivity index (χ4v) is 4.65. The SMILES string of the molecule is C#Cc1ccc(C(C(=O)NCCCCC)N(C(=O)C(CCSC)NC(=O)OC(C)(C)C)C2CC2C)cc1. The topological polar surface area (TPSA) is 87.7 Å². The van der Waals surface area contributed by atoms with Gasteiger partial charge in [0.25, 0.3) is 0 Å². The number of nitrogens with zero attached hydrogens (tertiary/aromatic N) is 1. The standard InChI is InChI=1S/C29H43N3O4S/c1-8-10-11-17-30-26(33)25(22-14-12-21(9-2)13-15-22)32(24-19-20(24)3)27(34)23(16-18-37-7)31-28(35)36-29(4,5)6/h2,12-15,20,23-25H,8,10-11,16-19H2,1,3-7H3,(H,30,33)(H,31,35). The third kappa shape index (κ3) is 9.62. The predicted octanol–water partition coefficient (Wildman–Crippen LogP) is 4.90. The van der Waals surface area contributed by atoms with E-state index >= 15 is 0 Å². The van der Waals surface area contributed by atoms with Gasteiger partial charge in [0.1, 0.15) is 17.7 Å². The van der Waals surface area contributed by atoms with Crippen molar-refractivity contribution in [2.45, 2.75) is 90.4 Å². The monoisotopic (exact) mass is 529 g/mol. The number of rotatable bonds is 13. The fourth-order valence-electron chi connectivity index (χ4n) is 4.18. The molecular weight excluding hydrogens is 486 g/mol. The highest BCUT2D eigenvalue weighted by Gasteiger charge is 2.48. The number of carbonyl (C=O) groups excluding carboxylic acids is 3. The first-order valence-electron chi connectivity index (χ1n) is 13.2. The van der Waals surface area contributed by atoms with E-state index in [1.54, 1.807) is 49.6 Å². The normalized spacial score (nSPS) is 18.2. The van der Waals surface area contributed by atoms with Crippen LogP contribution in [0, 0.1) is 18.3 Å². The first-order chi connectivity index (χ1) is 17.5. The Morgan fingerprint density at radius 3 is 2.38 bits per heavy atom. The first kappa shape index (κ1) is 30.6. The summed E-state index contributed by atoms with van der Waals surface area (Å²) in [6.45, 7) is 10.1. The number of benzene rings is 1. The lowest BCUT2D eigenvalue weighted by Crippen LogP contribution is -2.54. The maximum atomic E-state index is 14.1. The predicted molar refractivity (Wildman–Crippen MR) is 150 cm³/mol. The molecule has 1 fully saturated rings. The summed E-state index contributed by atoms with van der Waals surface area (Å²) in [7, 11) is 0. The van der Waals surface area contributed by atoms with Crippen molar-refractivity contribution in [2.24, 2.45) is 5.92 Å². The molecule has 0 aromatic heterocycles. The summed E-state index contributed by atoms with van der Waals surface area (Å²) in [4.78, 5) is 42.1. The second-order valence-electron chi connectivity index (χ2n) is 10.7. The molecule has 1 aliphatic carbocycles. The van der Waals surface area contributed by atoms with Crippen molar-refractivity contribution in [3.8, 4) is 12.3 Å². The van der Waals surface area contributed by atoms with Gasteiger partial charge in [-0.2, -0.15) is 11.8 Å². The Balaban J connectivity index is 2.43. The molecule has 0 spiro atoms. The van der Waals surface area contributed by atoms with Gasteiger partial charge in [0, 0.05) is 18.2 Å². The van der Waals surface area contributed by atoms with Crippen LogP contribution in [0.5, 0.6) is 0 Å². The molecule has 0 radical (unpaired) electrons. The second-order valence-corrected chi connectivity index (χ2v) is 11.7. The summed E-state index contributed by atoms with van der Waals surface area (Å²) < 4.78 is 5.44. The van der Waals surface area contributed by atoms with Gasteiger partial charge >= 0.3 is 6.09 Å². The fraction of sp³-hybridized carbons (Fsp3) is 0.621. The summed E-state index contributed by atoms with van der Waals surface area (Å²) in [5.74, 6) is 3.03. The number of carbonyl (C=O) groups is 3. The Morgan fingerprint density at radius 2 is 1.86 bits per heavy atom. The maximum absolute atomic E-state index is 14.1. The number of amides is 3. The Hall–Kier alpha value is -2.66. The van der Waals surface area contributed by atoms with Crippen molar-refractivity contribution >= 4 is 29.7 Å². The lowest BCUT2D eigenvalue weighted by atomic mass is 10.0. The van der Waals surface area contributed by atoms with Gasteiger partial charge in [-0.05, 0) is 75.7 Å². The average molecular weight is 530 g/mol. The van der Waals surface area contributed by atoms with Gasteiger partial charge in [-0.1, -0.05) is 44.7 Å². The molecule has 8 heteroatoms. The highest BCUT2D eigenvalue weighted by molar-refractivity contribution is 7.98. The van der Waals surface area contributed by atoms with Crippen molar-refractivity contribution in [1.29, 1.82) is 0 Å². The van der Waals surface area contributed by atoms with E-state index in [0.29, 0.717) is 29.8 Å². The first-order valence-corrected chi connectivity index (χ1v) is 14.6. The van der Waals surface area contributed by atoms with Gasteiger partial charge in [-0.25, -0.2) is 4.79 Å². The Bertz CT molecular complexity index is 951. The molecule has 0 heterocycles. The molecule has 0 saturated heterocycles. The molecule has 37 heavy (non-hydrogen) atoms. The Kier molecular flexibility index (Phi) is 11.8. The van der Waals surface area contributed by atoms with Crippen LogP contribution in [0.25, 0.3) is 0 Å². The van der Waals surface area contributed by atoms with Crippen LogP contribution in [-0.4, -0.2) is 59.0 Å². The number of hydrogen-bond donors (Lipinski definition) is 2. The number of hydrogen-bond acceptors (Lipinski definition) is 5. The highest BCUT2D eigenvalue weighted by atomic mass is 32.2. The Labute approximate surface area is 226 Å². The Morgan fingerprint density at radius 1 is 1.22 bits per heavy atom. The molecule has 0 bridgehead atoms. The molecule has 4 atom stereocenters. The van der Waals surface area contributed by atoms with Crippen LogP contribution in [-0.2, 0) is 14.3 Å². The summed E-state index contributed by atoms with van der Waals surface area (Å²) in [6.07, 6.45) is 11.0. The van der Waals surface area contributed by atoms with Crippen molar-refractivity contribution < 1.29 is 19.1 Å². The minimum Gasteiger partial charge on any atom is -0.444 e. The van der Waals surface area contributed by atoms with E-state index in [1.807, 2.05) is 18.4 Å². The molecule has 0 aliphatic heterocycles. The number of alkyl carbamates (subject to hydrolysis) is 1. The maximum Gasteiger partial charge on any atom is 0.408 e. The van der Waals surface area contributed by atoms with E-state index < -0.39 is 23.8 Å². The van der Waals surface area contributed by atoms with Crippen LogP contribution in [0.15, 0.2) is 24.3 Å². The molecule has 1 aromatic rings. The second kappa shape index (κ2) is 14.3. The zero-order valence-electron chi connectivity index (χ0n) is 23.1. The highest BCUT2D eigenvalue weighted by Crippen LogP contribution is 2.41. The number of thioether (sulfide) groups is 1. The van der Waals surface area contributed by atoms with Crippen molar-refractivity contribution in [1.82, 2.24) is 15.5 Å². The van der Waals surface area contributed by atoms with Crippen molar-refractivity contribution in [3.63, 3.8) is 0 Å². The van der Waals surface area contributed by atoms with Crippen LogP contribution in [0.1, 0.15) is 83.9 Å². The summed E-state index contributed by atoms with van der Waals surface area (Å²) in [5.41, 5.74) is 0.704. The zero-order chi connectivity index (χ0) is 27.6. The van der Waals surface area contributed by atoms with E-state index in [9.17, 15) is 14.4 Å². The third-order valence-electron chi connectivity index (χ3n) is 6.28. The third-order valence-corrected chi connectivity index (χ3v) is 6.92. The number of terminal acetylenes is 1. The molecular formula is C29H43N3O4S. The summed E-state index contributed by atoms with van der Waals surface area (Å²) in [5, 5.41) is 5.83. The molecule has 1 saturated carbocycles. The van der Waals surface area contributed by atoms with E-state index in [1.165, 1.54) is 0 Å².